The van der Waals surface area contributed by atoms with E-state index in [-0.39, 0.29) is 17.7 Å². The molecule has 0 spiro atoms. The Labute approximate surface area is 149 Å². The number of nitrogens with one attached hydrogen (secondary N) is 3. The lowest BCUT2D eigenvalue weighted by molar-refractivity contribution is -0.115. The van der Waals surface area contributed by atoms with Crippen molar-refractivity contribution >= 4 is 40.9 Å². The van der Waals surface area contributed by atoms with Gasteiger partial charge in [-0.2, -0.15) is 0 Å². The Morgan fingerprint density at radius 1 is 1.04 bits per heavy atom. The zero-order chi connectivity index (χ0) is 17.8. The molecule has 0 aromatic heterocycles. The summed E-state index contributed by atoms with van der Waals surface area (Å²) in [6.07, 6.45) is 0.457. The van der Waals surface area contributed by atoms with E-state index in [4.69, 9.17) is 0 Å². The molecule has 1 aliphatic heterocycles. The molecule has 2 aromatic carbocycles. The van der Waals surface area contributed by atoms with Gasteiger partial charge in [0, 0.05) is 40.9 Å². The van der Waals surface area contributed by atoms with Gasteiger partial charge in [-0.15, -0.1) is 11.8 Å². The lowest BCUT2D eigenvalue weighted by Crippen LogP contribution is -2.18. The number of benzene rings is 2. The van der Waals surface area contributed by atoms with Crippen LogP contribution in [0.2, 0.25) is 0 Å². The maximum atomic E-state index is 12.4. The molecule has 1 aliphatic rings. The fraction of sp³-hybridized carbons (Fsp3) is 0.167. The maximum absolute atomic E-state index is 12.4. The summed E-state index contributed by atoms with van der Waals surface area (Å²) >= 11 is 1.59. The first kappa shape index (κ1) is 17.0. The average molecular weight is 355 g/mol. The van der Waals surface area contributed by atoms with Gasteiger partial charge in [-0.25, -0.2) is 0 Å². The molecule has 0 fully saturated rings. The molecule has 0 radical (unpaired) electrons. The summed E-state index contributed by atoms with van der Waals surface area (Å²) in [5.41, 5.74) is 2.23. The van der Waals surface area contributed by atoms with Gasteiger partial charge in [0.25, 0.3) is 11.8 Å². The molecule has 0 bridgehead atoms. The molecule has 1 heterocycles. The topological polar surface area (TPSA) is 87.3 Å². The highest BCUT2D eigenvalue weighted by atomic mass is 32.2. The molecule has 128 valence electrons. The number of hydrogen-bond donors (Lipinski definition) is 3. The summed E-state index contributed by atoms with van der Waals surface area (Å²) in [4.78, 5) is 36.6. The minimum atomic E-state index is -0.279. The summed E-state index contributed by atoms with van der Waals surface area (Å²) < 4.78 is 0. The van der Waals surface area contributed by atoms with E-state index in [1.807, 2.05) is 6.07 Å². The first-order valence-corrected chi connectivity index (χ1v) is 8.75. The predicted octanol–water partition coefficient (Wildman–Crippen LogP) is 2.73. The van der Waals surface area contributed by atoms with E-state index < -0.39 is 0 Å². The Kier molecular flexibility index (Phi) is 5.04. The van der Waals surface area contributed by atoms with Crippen molar-refractivity contribution in [2.75, 3.05) is 23.4 Å². The molecule has 3 rings (SSSR count). The van der Waals surface area contributed by atoms with E-state index in [9.17, 15) is 14.4 Å². The number of carbonyl (C=O) groups is 3. The smallest absolute Gasteiger partial charge is 0.255 e. The van der Waals surface area contributed by atoms with Crippen LogP contribution in [0.3, 0.4) is 0 Å². The minimum Gasteiger partial charge on any atom is -0.355 e. The Bertz CT molecular complexity index is 834. The summed E-state index contributed by atoms with van der Waals surface area (Å²) in [5.74, 6) is 0.215. The Morgan fingerprint density at radius 3 is 2.48 bits per heavy atom. The first-order valence-electron chi connectivity index (χ1n) is 7.77. The number of hydrogen-bond acceptors (Lipinski definition) is 4. The van der Waals surface area contributed by atoms with Gasteiger partial charge < -0.3 is 16.0 Å². The highest BCUT2D eigenvalue weighted by Gasteiger charge is 2.16. The second-order valence-corrected chi connectivity index (χ2v) is 6.60. The Morgan fingerprint density at radius 2 is 1.76 bits per heavy atom. The number of fused-ring (bicyclic) bond motifs is 1. The standard InChI is InChI=1S/C18H17N3O3S/c1-19-17(23)11-2-5-13(6-3-11)20-18(24)12-4-7-15-14(10-12)21-16(22)8-9-25-15/h2-7,10H,8-9H2,1H3,(H,19,23)(H,20,24)(H,21,22). The largest absolute Gasteiger partial charge is 0.355 e. The number of anilines is 2. The van der Waals surface area contributed by atoms with Gasteiger partial charge in [0.1, 0.15) is 0 Å². The summed E-state index contributed by atoms with van der Waals surface area (Å²) in [7, 11) is 1.56. The van der Waals surface area contributed by atoms with E-state index in [2.05, 4.69) is 16.0 Å². The van der Waals surface area contributed by atoms with Crippen molar-refractivity contribution in [1.29, 1.82) is 0 Å². The third-order valence-electron chi connectivity index (χ3n) is 3.73. The van der Waals surface area contributed by atoms with Crippen molar-refractivity contribution in [2.45, 2.75) is 11.3 Å². The summed E-state index contributed by atoms with van der Waals surface area (Å²) in [6.45, 7) is 0. The van der Waals surface area contributed by atoms with E-state index in [1.54, 1.807) is 55.2 Å². The molecule has 6 nitrogen and oxygen atoms in total. The monoisotopic (exact) mass is 355 g/mol. The summed E-state index contributed by atoms with van der Waals surface area (Å²) in [6, 6.07) is 11.9. The lowest BCUT2D eigenvalue weighted by Gasteiger charge is -2.10. The average Bonchev–Trinajstić information content (AvgIpc) is 2.81. The fourth-order valence-electron chi connectivity index (χ4n) is 2.41. The molecule has 7 heteroatoms. The van der Waals surface area contributed by atoms with Crippen LogP contribution < -0.4 is 16.0 Å². The van der Waals surface area contributed by atoms with Crippen LogP contribution in [0.25, 0.3) is 0 Å². The quantitative estimate of drug-likeness (QED) is 0.790. The highest BCUT2D eigenvalue weighted by Crippen LogP contribution is 2.31. The Balaban J connectivity index is 1.75. The number of rotatable bonds is 3. The van der Waals surface area contributed by atoms with Crippen molar-refractivity contribution in [2.24, 2.45) is 0 Å². The lowest BCUT2D eigenvalue weighted by atomic mass is 10.1. The molecule has 3 amide bonds. The maximum Gasteiger partial charge on any atom is 0.255 e. The highest BCUT2D eigenvalue weighted by molar-refractivity contribution is 7.99. The van der Waals surface area contributed by atoms with Gasteiger partial charge in [0.2, 0.25) is 5.91 Å². The van der Waals surface area contributed by atoms with E-state index in [1.165, 1.54) is 0 Å². The van der Waals surface area contributed by atoms with Crippen LogP contribution in [0.15, 0.2) is 47.4 Å². The van der Waals surface area contributed by atoms with Crippen molar-refractivity contribution in [3.05, 3.63) is 53.6 Å². The van der Waals surface area contributed by atoms with Crippen molar-refractivity contribution in [1.82, 2.24) is 5.32 Å². The molecule has 0 unspecified atom stereocenters. The minimum absolute atomic E-state index is 0.0476. The van der Waals surface area contributed by atoms with Gasteiger partial charge in [-0.3, -0.25) is 14.4 Å². The van der Waals surface area contributed by atoms with Gasteiger partial charge >= 0.3 is 0 Å². The Hall–Kier alpha value is -2.80. The third kappa shape index (κ3) is 4.00. The molecule has 0 aliphatic carbocycles. The normalized spacial score (nSPS) is 13.2. The zero-order valence-electron chi connectivity index (χ0n) is 13.6. The molecular formula is C18H17N3O3S. The molecule has 3 N–H and O–H groups in total. The van der Waals surface area contributed by atoms with Crippen LogP contribution in [0, 0.1) is 0 Å². The second-order valence-electron chi connectivity index (χ2n) is 5.47. The van der Waals surface area contributed by atoms with Crippen LogP contribution in [0.4, 0.5) is 11.4 Å². The van der Waals surface area contributed by atoms with Gasteiger partial charge in [-0.1, -0.05) is 0 Å². The second kappa shape index (κ2) is 7.40. The molecule has 2 aromatic rings. The van der Waals surface area contributed by atoms with Crippen LogP contribution in [0.1, 0.15) is 27.1 Å². The van der Waals surface area contributed by atoms with Crippen LogP contribution in [0.5, 0.6) is 0 Å². The van der Waals surface area contributed by atoms with Crippen molar-refractivity contribution < 1.29 is 14.4 Å². The third-order valence-corrected chi connectivity index (χ3v) is 4.81. The summed E-state index contributed by atoms with van der Waals surface area (Å²) in [5, 5.41) is 8.15. The first-order chi connectivity index (χ1) is 12.1. The van der Waals surface area contributed by atoms with Crippen molar-refractivity contribution in [3.8, 4) is 0 Å². The fourth-order valence-corrected chi connectivity index (χ4v) is 3.35. The van der Waals surface area contributed by atoms with Gasteiger partial charge in [0.15, 0.2) is 0 Å². The molecule has 0 saturated heterocycles. The van der Waals surface area contributed by atoms with E-state index in [0.717, 1.165) is 10.6 Å². The van der Waals surface area contributed by atoms with Crippen molar-refractivity contribution in [3.63, 3.8) is 0 Å². The van der Waals surface area contributed by atoms with Gasteiger partial charge in [0.05, 0.1) is 5.69 Å². The number of carbonyl (C=O) groups excluding carboxylic acids is 3. The molecule has 0 saturated carbocycles. The number of amides is 3. The van der Waals surface area contributed by atoms with Crippen LogP contribution in [-0.4, -0.2) is 30.5 Å². The molecular weight excluding hydrogens is 338 g/mol. The molecule has 25 heavy (non-hydrogen) atoms. The molecule has 0 atom stereocenters. The van der Waals surface area contributed by atoms with Crippen LogP contribution in [-0.2, 0) is 4.79 Å². The number of thioether (sulfide) groups is 1. The van der Waals surface area contributed by atoms with Gasteiger partial charge in [-0.05, 0) is 42.5 Å². The van der Waals surface area contributed by atoms with E-state index >= 15 is 0 Å². The predicted molar refractivity (Wildman–Crippen MR) is 98.2 cm³/mol. The SMILES string of the molecule is CNC(=O)c1ccc(NC(=O)c2ccc3c(c2)NC(=O)CCS3)cc1. The van der Waals surface area contributed by atoms with E-state index in [0.29, 0.717) is 28.9 Å². The van der Waals surface area contributed by atoms with Crippen LogP contribution >= 0.6 is 11.8 Å². The zero-order valence-corrected chi connectivity index (χ0v) is 14.4.